The first kappa shape index (κ1) is 14.9. The Morgan fingerprint density at radius 1 is 1.17 bits per heavy atom. The lowest BCUT2D eigenvalue weighted by Crippen LogP contribution is -2.20. The van der Waals surface area contributed by atoms with Crippen LogP contribution >= 0.6 is 0 Å². The van der Waals surface area contributed by atoms with E-state index in [9.17, 15) is 4.79 Å². The molecule has 2 aliphatic carbocycles. The van der Waals surface area contributed by atoms with Crippen LogP contribution in [0.25, 0.3) is 10.8 Å². The van der Waals surface area contributed by atoms with E-state index in [0.29, 0.717) is 0 Å². The van der Waals surface area contributed by atoms with Crippen LogP contribution < -0.4 is 5.43 Å². The summed E-state index contributed by atoms with van der Waals surface area (Å²) in [6.07, 6.45) is 8.08. The van der Waals surface area contributed by atoms with Gasteiger partial charge in [0.25, 0.3) is 5.91 Å². The third kappa shape index (κ3) is 2.56. The van der Waals surface area contributed by atoms with Crippen LogP contribution in [0.4, 0.5) is 0 Å². The highest BCUT2D eigenvalue weighted by atomic mass is 16.2. The molecule has 3 heteroatoms. The number of carbonyl (C=O) groups excluding carboxylic acids is 1. The molecule has 0 bridgehead atoms. The van der Waals surface area contributed by atoms with Crippen molar-refractivity contribution in [2.24, 2.45) is 5.10 Å². The molecule has 2 aliphatic rings. The summed E-state index contributed by atoms with van der Waals surface area (Å²) in [7, 11) is 0. The predicted octanol–water partition coefficient (Wildman–Crippen LogP) is 4.41. The standard InChI is InChI=1S/C21H20N2O/c1-14-9-10-15-5-2-3-7-18(15)20(14)13-22-23-21(24)19-12-11-16-6-4-8-17(16)19/h2-3,5,7,9-10,12-13H,4,6,8,11H2,1H3,(H,23,24)/b22-13+. The van der Waals surface area contributed by atoms with Gasteiger partial charge in [-0.2, -0.15) is 5.10 Å². The summed E-state index contributed by atoms with van der Waals surface area (Å²) >= 11 is 0. The molecule has 0 spiro atoms. The van der Waals surface area contributed by atoms with Gasteiger partial charge in [0, 0.05) is 11.1 Å². The van der Waals surface area contributed by atoms with E-state index in [0.717, 1.165) is 41.3 Å². The molecule has 120 valence electrons. The van der Waals surface area contributed by atoms with Gasteiger partial charge in [0.1, 0.15) is 0 Å². The van der Waals surface area contributed by atoms with Gasteiger partial charge in [0.2, 0.25) is 0 Å². The summed E-state index contributed by atoms with van der Waals surface area (Å²) in [5, 5.41) is 6.55. The molecule has 0 saturated heterocycles. The van der Waals surface area contributed by atoms with Crippen molar-refractivity contribution >= 4 is 22.9 Å². The molecule has 2 aromatic carbocycles. The number of fused-ring (bicyclic) bond motifs is 1. The van der Waals surface area contributed by atoms with Crippen LogP contribution in [-0.2, 0) is 4.79 Å². The second-order valence-corrected chi connectivity index (χ2v) is 6.47. The normalized spacial score (nSPS) is 16.8. The van der Waals surface area contributed by atoms with E-state index in [4.69, 9.17) is 0 Å². The third-order valence-corrected chi connectivity index (χ3v) is 5.00. The van der Waals surface area contributed by atoms with Crippen LogP contribution in [0, 0.1) is 6.92 Å². The maximum atomic E-state index is 12.4. The van der Waals surface area contributed by atoms with Crippen molar-refractivity contribution in [1.82, 2.24) is 5.43 Å². The van der Waals surface area contributed by atoms with Crippen molar-refractivity contribution in [1.29, 1.82) is 0 Å². The van der Waals surface area contributed by atoms with Gasteiger partial charge < -0.3 is 0 Å². The van der Waals surface area contributed by atoms with Crippen LogP contribution in [0.2, 0.25) is 0 Å². The first-order valence-corrected chi connectivity index (χ1v) is 8.47. The molecule has 1 N–H and O–H groups in total. The topological polar surface area (TPSA) is 41.5 Å². The summed E-state index contributed by atoms with van der Waals surface area (Å²) in [4.78, 5) is 12.4. The number of carbonyl (C=O) groups is 1. The van der Waals surface area contributed by atoms with E-state index in [1.165, 1.54) is 23.0 Å². The highest BCUT2D eigenvalue weighted by Crippen LogP contribution is 2.38. The van der Waals surface area contributed by atoms with Gasteiger partial charge in [-0.15, -0.1) is 0 Å². The van der Waals surface area contributed by atoms with Crippen molar-refractivity contribution in [3.8, 4) is 0 Å². The van der Waals surface area contributed by atoms with Gasteiger partial charge in [-0.1, -0.05) is 48.0 Å². The van der Waals surface area contributed by atoms with Gasteiger partial charge >= 0.3 is 0 Å². The quantitative estimate of drug-likeness (QED) is 0.661. The SMILES string of the molecule is Cc1ccc2ccccc2c1/C=N/NC(=O)C1=CCC2=C1CCC2. The lowest BCUT2D eigenvalue weighted by atomic mass is 10.0. The number of nitrogens with one attached hydrogen (secondary N) is 1. The van der Waals surface area contributed by atoms with E-state index in [2.05, 4.69) is 41.7 Å². The molecule has 4 rings (SSSR count). The first-order valence-electron chi connectivity index (χ1n) is 8.47. The number of aryl methyl sites for hydroxylation is 1. The highest BCUT2D eigenvalue weighted by Gasteiger charge is 2.25. The van der Waals surface area contributed by atoms with Gasteiger partial charge in [-0.05, 0) is 54.5 Å². The Morgan fingerprint density at radius 3 is 2.96 bits per heavy atom. The van der Waals surface area contributed by atoms with Gasteiger partial charge in [-0.25, -0.2) is 5.43 Å². The van der Waals surface area contributed by atoms with E-state index in [-0.39, 0.29) is 5.91 Å². The minimum absolute atomic E-state index is 0.0870. The van der Waals surface area contributed by atoms with Gasteiger partial charge in [-0.3, -0.25) is 4.79 Å². The number of amides is 1. The van der Waals surface area contributed by atoms with E-state index < -0.39 is 0 Å². The smallest absolute Gasteiger partial charge is 0.267 e. The molecular weight excluding hydrogens is 296 g/mol. The Hall–Kier alpha value is -2.68. The van der Waals surface area contributed by atoms with Crippen LogP contribution in [0.1, 0.15) is 36.8 Å². The summed E-state index contributed by atoms with van der Waals surface area (Å²) in [5.41, 5.74) is 8.42. The van der Waals surface area contributed by atoms with Crippen LogP contribution in [0.3, 0.4) is 0 Å². The Labute approximate surface area is 141 Å². The maximum absolute atomic E-state index is 12.4. The fraction of sp³-hybridized carbons (Fsp3) is 0.238. The maximum Gasteiger partial charge on any atom is 0.271 e. The third-order valence-electron chi connectivity index (χ3n) is 5.00. The lowest BCUT2D eigenvalue weighted by Gasteiger charge is -2.07. The summed E-state index contributed by atoms with van der Waals surface area (Å²) in [5.74, 6) is -0.0870. The van der Waals surface area contributed by atoms with Crippen LogP contribution in [0.5, 0.6) is 0 Å². The van der Waals surface area contributed by atoms with Crippen LogP contribution in [0.15, 0.2) is 64.3 Å². The van der Waals surface area contributed by atoms with Gasteiger partial charge in [0.05, 0.1) is 6.21 Å². The van der Waals surface area contributed by atoms with Gasteiger partial charge in [0.15, 0.2) is 0 Å². The Balaban J connectivity index is 1.54. The molecule has 24 heavy (non-hydrogen) atoms. The molecule has 0 radical (unpaired) electrons. The largest absolute Gasteiger partial charge is 0.271 e. The second kappa shape index (κ2) is 6.08. The fourth-order valence-electron chi connectivity index (χ4n) is 3.73. The van der Waals surface area contributed by atoms with Crippen molar-refractivity contribution in [2.75, 3.05) is 0 Å². The number of rotatable bonds is 3. The number of benzene rings is 2. The van der Waals surface area contributed by atoms with Crippen molar-refractivity contribution < 1.29 is 4.79 Å². The second-order valence-electron chi connectivity index (χ2n) is 6.47. The molecule has 2 aromatic rings. The van der Waals surface area contributed by atoms with Crippen LogP contribution in [-0.4, -0.2) is 12.1 Å². The number of hydrogen-bond donors (Lipinski definition) is 1. The zero-order valence-electron chi connectivity index (χ0n) is 13.8. The Bertz CT molecular complexity index is 919. The summed E-state index contributed by atoms with van der Waals surface area (Å²) in [6.45, 7) is 2.06. The average Bonchev–Trinajstić information content (AvgIpc) is 3.20. The molecule has 0 unspecified atom stereocenters. The molecule has 1 amide bonds. The molecule has 0 saturated carbocycles. The molecular formula is C21H20N2O. The van der Waals surface area contributed by atoms with E-state index >= 15 is 0 Å². The average molecular weight is 316 g/mol. The molecule has 3 nitrogen and oxygen atoms in total. The summed E-state index contributed by atoms with van der Waals surface area (Å²) < 4.78 is 0. The molecule has 0 atom stereocenters. The van der Waals surface area contributed by atoms with E-state index in [1.807, 2.05) is 18.2 Å². The number of hydrogen-bond acceptors (Lipinski definition) is 2. The van der Waals surface area contributed by atoms with Crippen molar-refractivity contribution in [2.45, 2.75) is 32.6 Å². The highest BCUT2D eigenvalue weighted by molar-refractivity contribution is 6.03. The lowest BCUT2D eigenvalue weighted by molar-refractivity contribution is -0.117. The van der Waals surface area contributed by atoms with Crippen molar-refractivity contribution in [3.63, 3.8) is 0 Å². The summed E-state index contributed by atoms with van der Waals surface area (Å²) in [6, 6.07) is 12.4. The molecule has 0 aliphatic heterocycles. The minimum Gasteiger partial charge on any atom is -0.267 e. The zero-order chi connectivity index (χ0) is 16.5. The predicted molar refractivity (Wildman–Crippen MR) is 98.0 cm³/mol. The monoisotopic (exact) mass is 316 g/mol. The number of allylic oxidation sites excluding steroid dienone is 2. The van der Waals surface area contributed by atoms with E-state index in [1.54, 1.807) is 6.21 Å². The Kier molecular flexibility index (Phi) is 3.77. The first-order chi connectivity index (χ1) is 11.7. The van der Waals surface area contributed by atoms with Crippen molar-refractivity contribution in [3.05, 3.63) is 70.3 Å². The molecule has 0 heterocycles. The minimum atomic E-state index is -0.0870. The zero-order valence-corrected chi connectivity index (χ0v) is 13.8. The Morgan fingerprint density at radius 2 is 2.04 bits per heavy atom. The number of nitrogens with zero attached hydrogens (tertiary/aromatic N) is 1. The molecule has 0 fully saturated rings. The number of hydrazone groups is 1. The fourth-order valence-corrected chi connectivity index (χ4v) is 3.73. The molecule has 0 aromatic heterocycles.